The zero-order valence-electron chi connectivity index (χ0n) is 8.84. The molecule has 0 atom stereocenters. The first kappa shape index (κ1) is 11.9. The second-order valence-electron chi connectivity index (χ2n) is 3.17. The normalized spacial score (nSPS) is 9.80. The van der Waals surface area contributed by atoms with Crippen LogP contribution in [0.15, 0.2) is 18.2 Å². The third-order valence-corrected chi connectivity index (χ3v) is 2.04. The molecule has 4 heteroatoms. The molecule has 0 aliphatic heterocycles. The summed E-state index contributed by atoms with van der Waals surface area (Å²) in [5, 5.41) is 3.11. The molecule has 1 aromatic rings. The monoisotopic (exact) mass is 227 g/mol. The van der Waals surface area contributed by atoms with Crippen LogP contribution in [-0.2, 0) is 4.79 Å². The number of amides is 1. The number of benzene rings is 1. The van der Waals surface area contributed by atoms with Crippen molar-refractivity contribution in [1.29, 1.82) is 0 Å². The zero-order chi connectivity index (χ0) is 11.3. The Morgan fingerprint density at radius 3 is 2.80 bits per heavy atom. The maximum atomic E-state index is 10.8. The molecule has 0 saturated heterocycles. The van der Waals surface area contributed by atoms with E-state index in [9.17, 15) is 4.79 Å². The predicted molar refractivity (Wildman–Crippen MR) is 61.5 cm³/mol. The van der Waals surface area contributed by atoms with Gasteiger partial charge in [0.2, 0.25) is 5.91 Å². The van der Waals surface area contributed by atoms with Crippen LogP contribution in [0.5, 0.6) is 5.75 Å². The van der Waals surface area contributed by atoms with E-state index < -0.39 is 0 Å². The Balaban J connectivity index is 2.74. The molecule has 0 unspecified atom stereocenters. The zero-order valence-corrected chi connectivity index (χ0v) is 9.60. The molecule has 1 aromatic carbocycles. The van der Waals surface area contributed by atoms with Crippen LogP contribution in [0, 0.1) is 0 Å². The van der Waals surface area contributed by atoms with Crippen molar-refractivity contribution in [2.45, 2.75) is 20.3 Å². The lowest BCUT2D eigenvalue weighted by atomic mass is 10.3. The van der Waals surface area contributed by atoms with E-state index in [2.05, 4.69) is 5.32 Å². The van der Waals surface area contributed by atoms with Gasteiger partial charge in [-0.3, -0.25) is 4.79 Å². The van der Waals surface area contributed by atoms with Gasteiger partial charge in [0.25, 0.3) is 0 Å². The fourth-order valence-electron chi connectivity index (χ4n) is 1.10. The molecule has 0 fully saturated rings. The van der Waals surface area contributed by atoms with Gasteiger partial charge in [0.15, 0.2) is 0 Å². The fourth-order valence-corrected chi connectivity index (χ4v) is 1.31. The molecular weight excluding hydrogens is 214 g/mol. The van der Waals surface area contributed by atoms with E-state index >= 15 is 0 Å². The summed E-state index contributed by atoms with van der Waals surface area (Å²) < 4.78 is 5.40. The highest BCUT2D eigenvalue weighted by molar-refractivity contribution is 6.33. The standard InChI is InChI=1S/C11H14ClNO2/c1-3-6-15-9-4-5-11(10(12)7-9)13-8(2)14/h4-5,7H,3,6H2,1-2H3,(H,13,14). The molecule has 15 heavy (non-hydrogen) atoms. The first-order valence-electron chi connectivity index (χ1n) is 4.83. The Morgan fingerprint density at radius 2 is 2.27 bits per heavy atom. The average Bonchev–Trinajstić information content (AvgIpc) is 2.18. The number of hydrogen-bond acceptors (Lipinski definition) is 2. The maximum absolute atomic E-state index is 10.8. The number of ether oxygens (including phenoxy) is 1. The Morgan fingerprint density at radius 1 is 1.53 bits per heavy atom. The number of anilines is 1. The largest absolute Gasteiger partial charge is 0.494 e. The molecule has 0 aromatic heterocycles. The van der Waals surface area contributed by atoms with Gasteiger partial charge in [-0.15, -0.1) is 0 Å². The lowest BCUT2D eigenvalue weighted by molar-refractivity contribution is -0.114. The summed E-state index contributed by atoms with van der Waals surface area (Å²) in [6.07, 6.45) is 0.949. The van der Waals surface area contributed by atoms with Crippen molar-refractivity contribution in [1.82, 2.24) is 0 Å². The fraction of sp³-hybridized carbons (Fsp3) is 0.364. The summed E-state index contributed by atoms with van der Waals surface area (Å²) in [4.78, 5) is 10.8. The van der Waals surface area contributed by atoms with Gasteiger partial charge >= 0.3 is 0 Å². The van der Waals surface area contributed by atoms with Gasteiger partial charge < -0.3 is 10.1 Å². The highest BCUT2D eigenvalue weighted by Gasteiger charge is 2.03. The van der Waals surface area contributed by atoms with Crippen LogP contribution in [-0.4, -0.2) is 12.5 Å². The third kappa shape index (κ3) is 3.80. The summed E-state index contributed by atoms with van der Waals surface area (Å²) in [5.41, 5.74) is 0.605. The van der Waals surface area contributed by atoms with Gasteiger partial charge in [0.1, 0.15) is 5.75 Å². The van der Waals surface area contributed by atoms with E-state index in [1.807, 2.05) is 6.92 Å². The Labute approximate surface area is 94.4 Å². The highest BCUT2D eigenvalue weighted by Crippen LogP contribution is 2.26. The maximum Gasteiger partial charge on any atom is 0.221 e. The van der Waals surface area contributed by atoms with Crippen molar-refractivity contribution in [3.63, 3.8) is 0 Å². The molecule has 82 valence electrons. The molecule has 0 saturated carbocycles. The summed E-state index contributed by atoms with van der Waals surface area (Å²) in [7, 11) is 0. The van der Waals surface area contributed by atoms with Gasteiger partial charge in [-0.1, -0.05) is 18.5 Å². The van der Waals surface area contributed by atoms with E-state index in [4.69, 9.17) is 16.3 Å². The molecule has 0 aliphatic rings. The van der Waals surface area contributed by atoms with Crippen LogP contribution >= 0.6 is 11.6 Å². The van der Waals surface area contributed by atoms with Crippen molar-refractivity contribution < 1.29 is 9.53 Å². The van der Waals surface area contributed by atoms with Crippen LogP contribution in [0.4, 0.5) is 5.69 Å². The minimum atomic E-state index is -0.140. The van der Waals surface area contributed by atoms with Gasteiger partial charge in [0.05, 0.1) is 17.3 Å². The second-order valence-corrected chi connectivity index (χ2v) is 3.58. The molecule has 3 nitrogen and oxygen atoms in total. The van der Waals surface area contributed by atoms with E-state index in [1.165, 1.54) is 6.92 Å². The molecular formula is C11H14ClNO2. The predicted octanol–water partition coefficient (Wildman–Crippen LogP) is 3.09. The molecule has 1 N–H and O–H groups in total. The van der Waals surface area contributed by atoms with Crippen LogP contribution < -0.4 is 10.1 Å². The molecule has 0 radical (unpaired) electrons. The van der Waals surface area contributed by atoms with E-state index in [1.54, 1.807) is 18.2 Å². The number of hydrogen-bond donors (Lipinski definition) is 1. The van der Waals surface area contributed by atoms with Gasteiger partial charge in [-0.2, -0.15) is 0 Å². The molecule has 0 spiro atoms. The van der Waals surface area contributed by atoms with Gasteiger partial charge in [-0.05, 0) is 18.6 Å². The first-order chi connectivity index (χ1) is 7.13. The number of nitrogens with one attached hydrogen (secondary N) is 1. The van der Waals surface area contributed by atoms with E-state index in [0.717, 1.165) is 12.2 Å². The Kier molecular flexibility index (Phi) is 4.43. The van der Waals surface area contributed by atoms with Crippen molar-refractivity contribution in [3.05, 3.63) is 23.2 Å². The first-order valence-corrected chi connectivity index (χ1v) is 5.21. The van der Waals surface area contributed by atoms with Crippen LogP contribution in [0.25, 0.3) is 0 Å². The lowest BCUT2D eigenvalue weighted by Gasteiger charge is -2.08. The van der Waals surface area contributed by atoms with Crippen molar-refractivity contribution >= 4 is 23.2 Å². The Hall–Kier alpha value is -1.22. The van der Waals surface area contributed by atoms with E-state index in [0.29, 0.717) is 17.3 Å². The smallest absolute Gasteiger partial charge is 0.221 e. The van der Waals surface area contributed by atoms with Gasteiger partial charge in [0, 0.05) is 13.0 Å². The minimum Gasteiger partial charge on any atom is -0.494 e. The molecule has 0 bridgehead atoms. The number of rotatable bonds is 4. The summed E-state index contributed by atoms with van der Waals surface area (Å²) in [5.74, 6) is 0.579. The highest BCUT2D eigenvalue weighted by atomic mass is 35.5. The molecule has 1 amide bonds. The summed E-state index contributed by atoms with van der Waals surface area (Å²) >= 11 is 5.96. The number of carbonyl (C=O) groups excluding carboxylic acids is 1. The topological polar surface area (TPSA) is 38.3 Å². The lowest BCUT2D eigenvalue weighted by Crippen LogP contribution is -2.06. The Bertz CT molecular complexity index is 352. The second kappa shape index (κ2) is 5.61. The summed E-state index contributed by atoms with van der Waals surface area (Å²) in [6.45, 7) is 4.14. The average molecular weight is 228 g/mol. The van der Waals surface area contributed by atoms with Crippen LogP contribution in [0.1, 0.15) is 20.3 Å². The van der Waals surface area contributed by atoms with Crippen LogP contribution in [0.3, 0.4) is 0 Å². The minimum absolute atomic E-state index is 0.140. The molecule has 1 rings (SSSR count). The van der Waals surface area contributed by atoms with Crippen molar-refractivity contribution in [2.75, 3.05) is 11.9 Å². The molecule has 0 heterocycles. The SMILES string of the molecule is CCCOc1ccc(NC(C)=O)c(Cl)c1. The van der Waals surface area contributed by atoms with E-state index in [-0.39, 0.29) is 5.91 Å². The molecule has 0 aliphatic carbocycles. The van der Waals surface area contributed by atoms with Crippen LogP contribution in [0.2, 0.25) is 5.02 Å². The third-order valence-electron chi connectivity index (χ3n) is 1.72. The van der Waals surface area contributed by atoms with Gasteiger partial charge in [-0.25, -0.2) is 0 Å². The van der Waals surface area contributed by atoms with Crippen molar-refractivity contribution in [2.24, 2.45) is 0 Å². The van der Waals surface area contributed by atoms with Crippen molar-refractivity contribution in [3.8, 4) is 5.75 Å². The summed E-state index contributed by atoms with van der Waals surface area (Å²) in [6, 6.07) is 5.21. The quantitative estimate of drug-likeness (QED) is 0.859. The number of carbonyl (C=O) groups is 1. The number of halogens is 1.